The van der Waals surface area contributed by atoms with Gasteiger partial charge in [0.15, 0.2) is 6.29 Å². The van der Waals surface area contributed by atoms with E-state index in [-0.39, 0.29) is 6.61 Å². The molecule has 1 unspecified atom stereocenters. The molecule has 0 saturated carbocycles. The summed E-state index contributed by atoms with van der Waals surface area (Å²) in [6, 6.07) is 26.8. The summed E-state index contributed by atoms with van der Waals surface area (Å²) in [6.45, 7) is 0.289. The molecule has 3 aromatic carbocycles. The Morgan fingerprint density at radius 3 is 1.93 bits per heavy atom. The normalized spacial score (nSPS) is 19.8. The summed E-state index contributed by atoms with van der Waals surface area (Å²) in [5.41, 5.74) is 1.14. The molecule has 27 heavy (non-hydrogen) atoms. The van der Waals surface area contributed by atoms with Gasteiger partial charge in [0.05, 0.1) is 13.7 Å². The zero-order chi connectivity index (χ0) is 18.7. The van der Waals surface area contributed by atoms with Crippen LogP contribution in [0.15, 0.2) is 84.9 Å². The van der Waals surface area contributed by atoms with Crippen molar-refractivity contribution in [3.05, 3.63) is 102 Å². The van der Waals surface area contributed by atoms with Crippen LogP contribution in [0.25, 0.3) is 0 Å². The Kier molecular flexibility index (Phi) is 4.94. The maximum Gasteiger partial charge on any atom is 0.184 e. The van der Waals surface area contributed by atoms with Gasteiger partial charge in [-0.15, -0.1) is 0 Å². The molecular formula is C23H22O4. The molecule has 138 valence electrons. The summed E-state index contributed by atoms with van der Waals surface area (Å²) in [7, 11) is 1.63. The number of rotatable bonds is 5. The highest BCUT2D eigenvalue weighted by molar-refractivity contribution is 5.38. The van der Waals surface area contributed by atoms with Crippen molar-refractivity contribution in [3.8, 4) is 5.75 Å². The van der Waals surface area contributed by atoms with Gasteiger partial charge in [0.25, 0.3) is 0 Å². The lowest BCUT2D eigenvalue weighted by Crippen LogP contribution is -2.42. The van der Waals surface area contributed by atoms with E-state index in [0.29, 0.717) is 0 Å². The van der Waals surface area contributed by atoms with E-state index >= 15 is 0 Å². The second-order valence-corrected chi connectivity index (χ2v) is 6.56. The molecule has 4 nitrogen and oxygen atoms in total. The fraction of sp³-hybridized carbons (Fsp3) is 0.217. The standard InChI is InChI=1S/C23H22O4/c1-25-20-14-12-17(13-15-20)22-26-16-21(27-22)23(24,18-8-4-2-5-9-18)19-10-6-3-7-11-19/h2-15,21-22,24H,16H2,1H3/t21-,22?/m1/s1. The summed E-state index contributed by atoms with van der Waals surface area (Å²) in [6.07, 6.45) is -1.06. The molecule has 0 spiro atoms. The van der Waals surface area contributed by atoms with Crippen LogP contribution in [-0.4, -0.2) is 24.9 Å². The zero-order valence-electron chi connectivity index (χ0n) is 15.1. The molecule has 1 aliphatic heterocycles. The van der Waals surface area contributed by atoms with E-state index in [1.54, 1.807) is 7.11 Å². The van der Waals surface area contributed by atoms with Crippen molar-refractivity contribution in [1.82, 2.24) is 0 Å². The summed E-state index contributed by atoms with van der Waals surface area (Å²) < 4.78 is 17.3. The molecule has 4 rings (SSSR count). The lowest BCUT2D eigenvalue weighted by Gasteiger charge is -2.34. The highest BCUT2D eigenvalue weighted by Gasteiger charge is 2.46. The molecule has 1 N–H and O–H groups in total. The Labute approximate surface area is 158 Å². The Bertz CT molecular complexity index is 822. The van der Waals surface area contributed by atoms with E-state index in [0.717, 1.165) is 22.4 Å². The average molecular weight is 362 g/mol. The van der Waals surface area contributed by atoms with E-state index in [1.807, 2.05) is 84.9 Å². The SMILES string of the molecule is COc1ccc(C2OC[C@H](C(O)(c3ccccc3)c3ccccc3)O2)cc1. The number of aliphatic hydroxyl groups is 1. The third-order valence-electron chi connectivity index (χ3n) is 4.97. The quantitative estimate of drug-likeness (QED) is 0.744. The first-order chi connectivity index (χ1) is 13.2. The van der Waals surface area contributed by atoms with Crippen LogP contribution in [0.1, 0.15) is 23.0 Å². The van der Waals surface area contributed by atoms with Crippen molar-refractivity contribution in [3.63, 3.8) is 0 Å². The number of benzene rings is 3. The maximum absolute atomic E-state index is 11.8. The molecular weight excluding hydrogens is 340 g/mol. The van der Waals surface area contributed by atoms with E-state index < -0.39 is 18.0 Å². The smallest absolute Gasteiger partial charge is 0.184 e. The van der Waals surface area contributed by atoms with Gasteiger partial charge in [0.1, 0.15) is 17.5 Å². The summed E-state index contributed by atoms with van der Waals surface area (Å²) in [4.78, 5) is 0. The second-order valence-electron chi connectivity index (χ2n) is 6.56. The van der Waals surface area contributed by atoms with Crippen molar-refractivity contribution in [1.29, 1.82) is 0 Å². The molecule has 0 radical (unpaired) electrons. The molecule has 0 amide bonds. The Morgan fingerprint density at radius 1 is 0.852 bits per heavy atom. The molecule has 3 aromatic rings. The van der Waals surface area contributed by atoms with Gasteiger partial charge in [-0.05, 0) is 23.3 Å². The monoisotopic (exact) mass is 362 g/mol. The topological polar surface area (TPSA) is 47.9 Å². The van der Waals surface area contributed by atoms with Gasteiger partial charge in [-0.3, -0.25) is 0 Å². The van der Waals surface area contributed by atoms with E-state index in [9.17, 15) is 5.11 Å². The van der Waals surface area contributed by atoms with E-state index in [1.165, 1.54) is 0 Å². The van der Waals surface area contributed by atoms with Crippen LogP contribution in [0.4, 0.5) is 0 Å². The molecule has 0 bridgehead atoms. The van der Waals surface area contributed by atoms with Crippen molar-refractivity contribution in [2.45, 2.75) is 18.0 Å². The second kappa shape index (κ2) is 7.53. The number of hydrogen-bond donors (Lipinski definition) is 1. The minimum atomic E-state index is -1.30. The molecule has 1 saturated heterocycles. The first-order valence-corrected chi connectivity index (χ1v) is 8.96. The van der Waals surface area contributed by atoms with Crippen LogP contribution < -0.4 is 4.74 Å². The first kappa shape index (κ1) is 17.7. The first-order valence-electron chi connectivity index (χ1n) is 8.96. The predicted octanol–water partition coefficient (Wildman–Crippen LogP) is 4.05. The number of hydrogen-bond acceptors (Lipinski definition) is 4. The largest absolute Gasteiger partial charge is 0.497 e. The average Bonchev–Trinajstić information content (AvgIpc) is 3.25. The van der Waals surface area contributed by atoms with Gasteiger partial charge < -0.3 is 19.3 Å². The lowest BCUT2D eigenvalue weighted by atomic mass is 9.82. The fourth-order valence-corrected chi connectivity index (χ4v) is 3.48. The van der Waals surface area contributed by atoms with Crippen molar-refractivity contribution in [2.24, 2.45) is 0 Å². The number of ether oxygens (including phenoxy) is 3. The Morgan fingerprint density at radius 2 is 1.41 bits per heavy atom. The van der Waals surface area contributed by atoms with Crippen molar-refractivity contribution >= 4 is 0 Å². The molecule has 1 heterocycles. The van der Waals surface area contributed by atoms with Crippen LogP contribution >= 0.6 is 0 Å². The summed E-state index contributed by atoms with van der Waals surface area (Å²) in [5.74, 6) is 0.776. The Balaban J connectivity index is 1.66. The van der Waals surface area contributed by atoms with Crippen molar-refractivity contribution < 1.29 is 19.3 Å². The molecule has 4 heteroatoms. The van der Waals surface area contributed by atoms with Gasteiger partial charge in [0, 0.05) is 5.56 Å². The van der Waals surface area contributed by atoms with Gasteiger partial charge in [0.2, 0.25) is 0 Å². The minimum absolute atomic E-state index is 0.289. The van der Waals surface area contributed by atoms with Crippen LogP contribution in [0.2, 0.25) is 0 Å². The van der Waals surface area contributed by atoms with Crippen LogP contribution in [0, 0.1) is 0 Å². The van der Waals surface area contributed by atoms with Gasteiger partial charge in [-0.25, -0.2) is 0 Å². The number of methoxy groups -OCH3 is 1. The zero-order valence-corrected chi connectivity index (χ0v) is 15.1. The Hall–Kier alpha value is -2.66. The van der Waals surface area contributed by atoms with Gasteiger partial charge in [-0.2, -0.15) is 0 Å². The minimum Gasteiger partial charge on any atom is -0.497 e. The van der Waals surface area contributed by atoms with E-state index in [2.05, 4.69) is 0 Å². The van der Waals surface area contributed by atoms with Gasteiger partial charge in [-0.1, -0.05) is 72.8 Å². The highest BCUT2D eigenvalue weighted by atomic mass is 16.7. The highest BCUT2D eigenvalue weighted by Crippen LogP contribution is 2.41. The maximum atomic E-state index is 11.8. The molecule has 2 atom stereocenters. The molecule has 1 aliphatic rings. The van der Waals surface area contributed by atoms with Crippen molar-refractivity contribution in [2.75, 3.05) is 13.7 Å². The third kappa shape index (κ3) is 3.35. The predicted molar refractivity (Wildman–Crippen MR) is 102 cm³/mol. The van der Waals surface area contributed by atoms with E-state index in [4.69, 9.17) is 14.2 Å². The van der Waals surface area contributed by atoms with Gasteiger partial charge >= 0.3 is 0 Å². The fourth-order valence-electron chi connectivity index (χ4n) is 3.48. The van der Waals surface area contributed by atoms with Crippen LogP contribution in [0.5, 0.6) is 5.75 Å². The third-order valence-corrected chi connectivity index (χ3v) is 4.97. The summed E-state index contributed by atoms with van der Waals surface area (Å²) in [5, 5.41) is 11.8. The summed E-state index contributed by atoms with van der Waals surface area (Å²) >= 11 is 0. The molecule has 0 aromatic heterocycles. The lowest BCUT2D eigenvalue weighted by molar-refractivity contribution is -0.109. The molecule has 0 aliphatic carbocycles. The van der Waals surface area contributed by atoms with Crippen LogP contribution in [-0.2, 0) is 15.1 Å². The molecule has 1 fully saturated rings. The van der Waals surface area contributed by atoms with Crippen LogP contribution in [0.3, 0.4) is 0 Å².